The quantitative estimate of drug-likeness (QED) is 0.733. The van der Waals surface area contributed by atoms with Gasteiger partial charge in [-0.05, 0) is 37.0 Å². The minimum Gasteiger partial charge on any atom is -0.372 e. The minimum atomic E-state index is 0.328. The Bertz CT molecular complexity index is 253. The summed E-state index contributed by atoms with van der Waals surface area (Å²) in [5.41, 5.74) is 0. The lowest BCUT2D eigenvalue weighted by molar-refractivity contribution is -0.239. The van der Waals surface area contributed by atoms with E-state index in [0.29, 0.717) is 42.2 Å². The molecule has 0 bridgehead atoms. The third-order valence-electron chi connectivity index (χ3n) is 5.03. The monoisotopic (exact) mass is 240 g/mol. The Morgan fingerprint density at radius 3 is 2.12 bits per heavy atom. The highest BCUT2D eigenvalue weighted by molar-refractivity contribution is 4.93. The fraction of sp³-hybridized carbons (Fsp3) is 1.00. The van der Waals surface area contributed by atoms with Crippen LogP contribution in [0.5, 0.6) is 0 Å². The second kappa shape index (κ2) is 5.27. The number of ether oxygens (including phenoxy) is 2. The van der Waals surface area contributed by atoms with Crippen LogP contribution in [0.4, 0.5) is 0 Å². The molecule has 100 valence electrons. The van der Waals surface area contributed by atoms with Gasteiger partial charge in [-0.2, -0.15) is 0 Å². The predicted octanol–water partition coefficient (Wildman–Crippen LogP) is 3.64. The minimum absolute atomic E-state index is 0.328. The van der Waals surface area contributed by atoms with Crippen molar-refractivity contribution in [1.29, 1.82) is 0 Å². The van der Waals surface area contributed by atoms with Gasteiger partial charge in [0.1, 0.15) is 0 Å². The first-order chi connectivity index (χ1) is 8.08. The van der Waals surface area contributed by atoms with E-state index in [9.17, 15) is 0 Å². The second-order valence-electron chi connectivity index (χ2n) is 6.10. The summed E-state index contributed by atoms with van der Waals surface area (Å²) in [5.74, 6) is 1.88. The van der Waals surface area contributed by atoms with Gasteiger partial charge in [-0.25, -0.2) is 0 Å². The van der Waals surface area contributed by atoms with Gasteiger partial charge in [0.05, 0.1) is 24.4 Å². The van der Waals surface area contributed by atoms with Gasteiger partial charge in [0, 0.05) is 0 Å². The van der Waals surface area contributed by atoms with Gasteiger partial charge in [-0.1, -0.05) is 34.6 Å². The molecule has 0 amide bonds. The molecule has 2 heteroatoms. The summed E-state index contributed by atoms with van der Waals surface area (Å²) in [7, 11) is 0. The van der Waals surface area contributed by atoms with Crippen LogP contribution in [-0.4, -0.2) is 24.4 Å². The molecule has 2 saturated heterocycles. The van der Waals surface area contributed by atoms with Crippen LogP contribution in [0.25, 0.3) is 0 Å². The lowest BCUT2D eigenvalue weighted by Crippen LogP contribution is -2.55. The van der Waals surface area contributed by atoms with Gasteiger partial charge in [0.15, 0.2) is 0 Å². The van der Waals surface area contributed by atoms with Gasteiger partial charge in [0.25, 0.3) is 0 Å². The van der Waals surface area contributed by atoms with E-state index in [4.69, 9.17) is 9.47 Å². The lowest BCUT2D eigenvalue weighted by Gasteiger charge is -2.50. The van der Waals surface area contributed by atoms with E-state index < -0.39 is 0 Å². The maximum atomic E-state index is 6.30. The highest BCUT2D eigenvalue weighted by Gasteiger charge is 2.46. The SMILES string of the molecule is CC[C@@H]1O[C@H]2C[C@@H](C)[C@@H](CC)O[C@H]2[C@H](C)[C@H]1C. The average Bonchev–Trinajstić information content (AvgIpc) is 2.33. The first-order valence-electron chi connectivity index (χ1n) is 7.39. The Morgan fingerprint density at radius 2 is 1.53 bits per heavy atom. The third kappa shape index (κ3) is 2.39. The van der Waals surface area contributed by atoms with Crippen molar-refractivity contribution >= 4 is 0 Å². The van der Waals surface area contributed by atoms with Crippen molar-refractivity contribution in [2.45, 2.75) is 78.3 Å². The Labute approximate surface area is 106 Å². The Balaban J connectivity index is 2.10. The average molecular weight is 240 g/mol. The molecule has 7 atom stereocenters. The number of hydrogen-bond acceptors (Lipinski definition) is 2. The first-order valence-corrected chi connectivity index (χ1v) is 7.39. The molecule has 0 unspecified atom stereocenters. The van der Waals surface area contributed by atoms with Gasteiger partial charge in [-0.15, -0.1) is 0 Å². The molecular formula is C15H28O2. The Morgan fingerprint density at radius 1 is 0.882 bits per heavy atom. The van der Waals surface area contributed by atoms with Crippen molar-refractivity contribution in [2.75, 3.05) is 0 Å². The molecule has 2 nitrogen and oxygen atoms in total. The largest absolute Gasteiger partial charge is 0.372 e. The van der Waals surface area contributed by atoms with Gasteiger partial charge in [0.2, 0.25) is 0 Å². The zero-order valence-corrected chi connectivity index (χ0v) is 12.0. The molecule has 0 aromatic heterocycles. The van der Waals surface area contributed by atoms with Crippen molar-refractivity contribution in [2.24, 2.45) is 17.8 Å². The van der Waals surface area contributed by atoms with Crippen molar-refractivity contribution in [3.05, 3.63) is 0 Å². The van der Waals surface area contributed by atoms with Crippen LogP contribution in [0.15, 0.2) is 0 Å². The van der Waals surface area contributed by atoms with E-state index in [1.807, 2.05) is 0 Å². The number of fused-ring (bicyclic) bond motifs is 1. The second-order valence-corrected chi connectivity index (χ2v) is 6.10. The van der Waals surface area contributed by atoms with Gasteiger partial charge in [-0.3, -0.25) is 0 Å². The molecule has 0 aromatic rings. The molecule has 2 aliphatic heterocycles. The van der Waals surface area contributed by atoms with E-state index >= 15 is 0 Å². The first kappa shape index (κ1) is 13.4. The fourth-order valence-corrected chi connectivity index (χ4v) is 3.62. The summed E-state index contributed by atoms with van der Waals surface area (Å²) in [4.78, 5) is 0. The summed E-state index contributed by atoms with van der Waals surface area (Å²) >= 11 is 0. The standard InChI is InChI=1S/C15H28O2/c1-6-12-9(3)8-14-15(17-12)11(5)10(4)13(7-2)16-14/h9-15H,6-8H2,1-5H3/t9-,10-,11-,12-,13+,14+,15+/m1/s1. The molecule has 2 rings (SSSR count). The molecule has 2 heterocycles. The van der Waals surface area contributed by atoms with Crippen molar-refractivity contribution in [3.63, 3.8) is 0 Å². The molecule has 0 radical (unpaired) electrons. The van der Waals surface area contributed by atoms with Crippen LogP contribution < -0.4 is 0 Å². The maximum Gasteiger partial charge on any atom is 0.0869 e. The van der Waals surface area contributed by atoms with E-state index in [0.717, 1.165) is 12.8 Å². The summed E-state index contributed by atoms with van der Waals surface area (Å²) in [6.45, 7) is 11.4. The van der Waals surface area contributed by atoms with Crippen LogP contribution in [0, 0.1) is 17.8 Å². The molecular weight excluding hydrogens is 212 g/mol. The Hall–Kier alpha value is -0.0800. The van der Waals surface area contributed by atoms with Crippen molar-refractivity contribution in [3.8, 4) is 0 Å². The molecule has 0 spiro atoms. The van der Waals surface area contributed by atoms with Gasteiger partial charge >= 0.3 is 0 Å². The van der Waals surface area contributed by atoms with Crippen LogP contribution in [0.3, 0.4) is 0 Å². The predicted molar refractivity (Wildman–Crippen MR) is 70.0 cm³/mol. The normalized spacial score (nSPS) is 51.0. The zero-order chi connectivity index (χ0) is 12.6. The summed E-state index contributed by atoms with van der Waals surface area (Å²) in [6.07, 6.45) is 4.96. The fourth-order valence-electron chi connectivity index (χ4n) is 3.62. The molecule has 0 aromatic carbocycles. The summed E-state index contributed by atoms with van der Waals surface area (Å²) in [6, 6.07) is 0. The molecule has 2 fully saturated rings. The maximum absolute atomic E-state index is 6.30. The molecule has 0 aliphatic carbocycles. The van der Waals surface area contributed by atoms with E-state index in [-0.39, 0.29) is 0 Å². The van der Waals surface area contributed by atoms with Crippen molar-refractivity contribution < 1.29 is 9.47 Å². The van der Waals surface area contributed by atoms with Crippen LogP contribution in [-0.2, 0) is 9.47 Å². The van der Waals surface area contributed by atoms with Crippen molar-refractivity contribution in [1.82, 2.24) is 0 Å². The number of hydrogen-bond donors (Lipinski definition) is 0. The van der Waals surface area contributed by atoms with E-state index in [2.05, 4.69) is 34.6 Å². The van der Waals surface area contributed by atoms with Crippen LogP contribution >= 0.6 is 0 Å². The zero-order valence-electron chi connectivity index (χ0n) is 12.0. The Kier molecular flexibility index (Phi) is 4.14. The van der Waals surface area contributed by atoms with Gasteiger partial charge < -0.3 is 9.47 Å². The van der Waals surface area contributed by atoms with Crippen LogP contribution in [0.1, 0.15) is 53.9 Å². The highest BCUT2D eigenvalue weighted by Crippen LogP contribution is 2.41. The van der Waals surface area contributed by atoms with E-state index in [1.54, 1.807) is 0 Å². The molecule has 2 aliphatic rings. The lowest BCUT2D eigenvalue weighted by atomic mass is 9.76. The van der Waals surface area contributed by atoms with E-state index in [1.165, 1.54) is 6.42 Å². The molecule has 0 N–H and O–H groups in total. The third-order valence-corrected chi connectivity index (χ3v) is 5.03. The molecule has 17 heavy (non-hydrogen) atoms. The highest BCUT2D eigenvalue weighted by atomic mass is 16.6. The summed E-state index contributed by atoms with van der Waals surface area (Å²) < 4.78 is 12.6. The number of rotatable bonds is 2. The summed E-state index contributed by atoms with van der Waals surface area (Å²) in [5, 5.41) is 0. The smallest absolute Gasteiger partial charge is 0.0869 e. The van der Waals surface area contributed by atoms with Crippen LogP contribution in [0.2, 0.25) is 0 Å². The molecule has 0 saturated carbocycles. The topological polar surface area (TPSA) is 18.5 Å².